The number of phosphoric acid groups is 1. The summed E-state index contributed by atoms with van der Waals surface area (Å²) in [6.07, 6.45) is 89.7. The number of likely N-dealkylation sites (N-methyl/N-ethyl adjacent to an activating group) is 1. The summed E-state index contributed by atoms with van der Waals surface area (Å²) in [5.74, 6) is -0.771. The van der Waals surface area contributed by atoms with Gasteiger partial charge in [-0.25, -0.2) is 4.57 Å². The van der Waals surface area contributed by atoms with Gasteiger partial charge in [-0.3, -0.25) is 18.6 Å². The first-order valence-corrected chi connectivity index (χ1v) is 39.4. The van der Waals surface area contributed by atoms with Gasteiger partial charge in [0.15, 0.2) is 6.10 Å². The molecule has 0 saturated heterocycles. The fourth-order valence-electron chi connectivity index (χ4n) is 11.4. The molecule has 0 aliphatic rings. The van der Waals surface area contributed by atoms with E-state index in [0.29, 0.717) is 23.9 Å². The Morgan fingerprint density at radius 1 is 0.368 bits per heavy atom. The molecule has 2 unspecified atom stereocenters. The standard InChI is InChI=1S/C77H146NO8P/c1-6-8-10-12-14-16-18-20-22-24-26-28-30-31-32-33-34-35-36-37-38-39-40-41-42-43-44-45-46-47-48-50-52-54-56-58-60-62-64-66-68-70-77(80)86-75(74-85-87(81,82)84-72-71-78(3,4)5)73-83-76(79)69-67-65-63-61-59-57-55-53-51-49-29-27-25-23-21-19-17-15-13-11-9-7-2/h8,10,14,16,20,22,26,28,75H,6-7,9,11-13,15,17-19,21,23-25,27,29-74H2,1-5H3/p+1/b10-8-,16-14-,22-20-,28-26-. The number of nitrogens with zero attached hydrogens (tertiary/aromatic N) is 1. The van der Waals surface area contributed by atoms with E-state index in [4.69, 9.17) is 18.5 Å². The minimum Gasteiger partial charge on any atom is -0.462 e. The van der Waals surface area contributed by atoms with Crippen molar-refractivity contribution >= 4 is 19.8 Å². The maximum atomic E-state index is 12.9. The maximum absolute atomic E-state index is 12.9. The molecule has 0 radical (unpaired) electrons. The molecule has 0 aromatic rings. The lowest BCUT2D eigenvalue weighted by Gasteiger charge is -2.24. The number of carbonyl (C=O) groups is 2. The molecule has 0 rings (SSSR count). The van der Waals surface area contributed by atoms with Gasteiger partial charge >= 0.3 is 19.8 Å². The van der Waals surface area contributed by atoms with Gasteiger partial charge in [0.1, 0.15) is 19.8 Å². The third-order valence-electron chi connectivity index (χ3n) is 17.1. The quantitative estimate of drug-likeness (QED) is 0.0211. The van der Waals surface area contributed by atoms with E-state index in [9.17, 15) is 19.0 Å². The first kappa shape index (κ1) is 85.0. The van der Waals surface area contributed by atoms with Gasteiger partial charge in [0, 0.05) is 12.8 Å². The Bertz CT molecular complexity index is 1610. The van der Waals surface area contributed by atoms with Crippen molar-refractivity contribution in [2.45, 2.75) is 386 Å². The van der Waals surface area contributed by atoms with E-state index in [1.165, 1.54) is 289 Å². The summed E-state index contributed by atoms with van der Waals surface area (Å²) in [5, 5.41) is 0. The lowest BCUT2D eigenvalue weighted by atomic mass is 10.0. The van der Waals surface area contributed by atoms with Crippen molar-refractivity contribution in [2.24, 2.45) is 0 Å². The summed E-state index contributed by atoms with van der Waals surface area (Å²) in [6, 6.07) is 0. The van der Waals surface area contributed by atoms with Crippen LogP contribution in [0.2, 0.25) is 0 Å². The Morgan fingerprint density at radius 2 is 0.655 bits per heavy atom. The van der Waals surface area contributed by atoms with Crippen LogP contribution in [0.3, 0.4) is 0 Å². The monoisotopic (exact) mass is 1250 g/mol. The van der Waals surface area contributed by atoms with Gasteiger partial charge in [0.25, 0.3) is 0 Å². The van der Waals surface area contributed by atoms with E-state index in [1.54, 1.807) is 0 Å². The number of esters is 2. The Kier molecular flexibility index (Phi) is 66.7. The average Bonchev–Trinajstić information content (AvgIpc) is 3.50. The van der Waals surface area contributed by atoms with E-state index >= 15 is 0 Å². The Balaban J connectivity index is 3.87. The number of phosphoric ester groups is 1. The van der Waals surface area contributed by atoms with Crippen LogP contribution in [-0.2, 0) is 32.7 Å². The minimum atomic E-state index is -4.39. The molecule has 0 aromatic heterocycles. The Labute approximate surface area is 541 Å². The Morgan fingerprint density at radius 3 is 0.977 bits per heavy atom. The molecule has 0 aliphatic heterocycles. The molecule has 0 amide bonds. The third kappa shape index (κ3) is 72.9. The van der Waals surface area contributed by atoms with E-state index < -0.39 is 26.5 Å². The molecule has 512 valence electrons. The van der Waals surface area contributed by atoms with E-state index in [1.807, 2.05) is 21.1 Å². The molecule has 0 spiro atoms. The summed E-state index contributed by atoms with van der Waals surface area (Å²) in [4.78, 5) is 35.9. The molecule has 10 heteroatoms. The molecule has 0 bridgehead atoms. The summed E-state index contributed by atoms with van der Waals surface area (Å²) >= 11 is 0. The topological polar surface area (TPSA) is 108 Å². The highest BCUT2D eigenvalue weighted by Crippen LogP contribution is 2.43. The molecule has 0 heterocycles. The average molecular weight is 1250 g/mol. The number of carbonyl (C=O) groups excluding carboxylic acids is 2. The van der Waals surface area contributed by atoms with E-state index in [2.05, 4.69) is 62.5 Å². The first-order chi connectivity index (χ1) is 42.5. The minimum absolute atomic E-state index is 0.0357. The zero-order valence-corrected chi connectivity index (χ0v) is 59.4. The van der Waals surface area contributed by atoms with Crippen molar-refractivity contribution in [3.05, 3.63) is 48.6 Å². The van der Waals surface area contributed by atoms with Crippen LogP contribution in [0.4, 0.5) is 0 Å². The van der Waals surface area contributed by atoms with Gasteiger partial charge in [0.05, 0.1) is 27.7 Å². The second-order valence-corrected chi connectivity index (χ2v) is 28.5. The normalized spacial score (nSPS) is 13.3. The molecule has 0 aliphatic carbocycles. The van der Waals surface area contributed by atoms with Crippen LogP contribution < -0.4 is 0 Å². The molecular formula is C77H147NO8P+. The summed E-state index contributed by atoms with van der Waals surface area (Å²) in [5.41, 5.74) is 0. The zero-order chi connectivity index (χ0) is 63.4. The second kappa shape index (κ2) is 68.3. The predicted molar refractivity (Wildman–Crippen MR) is 377 cm³/mol. The van der Waals surface area contributed by atoms with Crippen molar-refractivity contribution in [1.82, 2.24) is 0 Å². The molecule has 0 saturated carbocycles. The zero-order valence-electron chi connectivity index (χ0n) is 58.5. The van der Waals surface area contributed by atoms with Crippen LogP contribution >= 0.6 is 7.82 Å². The molecular weight excluding hydrogens is 1100 g/mol. The van der Waals surface area contributed by atoms with Crippen LogP contribution in [0.5, 0.6) is 0 Å². The maximum Gasteiger partial charge on any atom is 0.472 e. The number of unbranched alkanes of at least 4 members (excludes halogenated alkanes) is 49. The number of allylic oxidation sites excluding steroid dienone is 8. The molecule has 0 fully saturated rings. The highest BCUT2D eigenvalue weighted by atomic mass is 31.2. The molecule has 2 atom stereocenters. The van der Waals surface area contributed by atoms with Gasteiger partial charge in [0.2, 0.25) is 0 Å². The van der Waals surface area contributed by atoms with Gasteiger partial charge in [-0.1, -0.05) is 364 Å². The number of rotatable bonds is 71. The van der Waals surface area contributed by atoms with Crippen LogP contribution in [0, 0.1) is 0 Å². The molecule has 87 heavy (non-hydrogen) atoms. The van der Waals surface area contributed by atoms with Crippen LogP contribution in [-0.4, -0.2) is 74.9 Å². The SMILES string of the molecule is CC/C=C\C/C=C\C/C=C\C/C=C\CCCCCCCCCCCCCCCCCCCCCCCCCCCCCCC(=O)OC(COC(=O)CCCCCCCCCCCCCCCCCCCCCCCC)COP(=O)(O)OCC[N+](C)(C)C. The van der Waals surface area contributed by atoms with Gasteiger partial charge < -0.3 is 18.9 Å². The highest BCUT2D eigenvalue weighted by Gasteiger charge is 2.27. The summed E-state index contributed by atoms with van der Waals surface area (Å²) in [7, 11) is 1.50. The fourth-order valence-corrected chi connectivity index (χ4v) is 12.1. The summed E-state index contributed by atoms with van der Waals surface area (Å²) in [6.45, 7) is 4.40. The third-order valence-corrected chi connectivity index (χ3v) is 18.1. The number of hydrogen-bond donors (Lipinski definition) is 1. The fraction of sp³-hybridized carbons (Fsp3) is 0.870. The van der Waals surface area contributed by atoms with Crippen molar-refractivity contribution in [2.75, 3.05) is 47.5 Å². The smallest absolute Gasteiger partial charge is 0.462 e. The van der Waals surface area contributed by atoms with Gasteiger partial charge in [-0.2, -0.15) is 0 Å². The molecule has 1 N–H and O–H groups in total. The van der Waals surface area contributed by atoms with Gasteiger partial charge in [-0.15, -0.1) is 0 Å². The summed E-state index contributed by atoms with van der Waals surface area (Å²) < 4.78 is 34.8. The lowest BCUT2D eigenvalue weighted by Crippen LogP contribution is -2.37. The van der Waals surface area contributed by atoms with Crippen molar-refractivity contribution < 1.29 is 42.1 Å². The largest absolute Gasteiger partial charge is 0.472 e. The van der Waals surface area contributed by atoms with Crippen LogP contribution in [0.25, 0.3) is 0 Å². The Hall–Kier alpha value is -2.03. The van der Waals surface area contributed by atoms with Gasteiger partial charge in [-0.05, 0) is 51.4 Å². The highest BCUT2D eigenvalue weighted by molar-refractivity contribution is 7.47. The van der Waals surface area contributed by atoms with E-state index in [0.717, 1.165) is 57.8 Å². The first-order valence-electron chi connectivity index (χ1n) is 37.9. The predicted octanol–water partition coefficient (Wildman–Crippen LogP) is 24.8. The second-order valence-electron chi connectivity index (χ2n) is 27.0. The lowest BCUT2D eigenvalue weighted by molar-refractivity contribution is -0.870. The van der Waals surface area contributed by atoms with Crippen molar-refractivity contribution in [1.29, 1.82) is 0 Å². The van der Waals surface area contributed by atoms with Crippen LogP contribution in [0.1, 0.15) is 380 Å². The molecule has 0 aromatic carbocycles. The number of ether oxygens (including phenoxy) is 2. The number of quaternary nitrogens is 1. The van der Waals surface area contributed by atoms with E-state index in [-0.39, 0.29) is 25.6 Å². The number of hydrogen-bond acceptors (Lipinski definition) is 7. The van der Waals surface area contributed by atoms with Crippen molar-refractivity contribution in [3.63, 3.8) is 0 Å². The van der Waals surface area contributed by atoms with Crippen molar-refractivity contribution in [3.8, 4) is 0 Å². The molecule has 9 nitrogen and oxygen atoms in total. The van der Waals surface area contributed by atoms with Crippen LogP contribution in [0.15, 0.2) is 48.6 Å².